The molecule has 0 atom stereocenters. The number of benzene rings is 3. The lowest BCUT2D eigenvalue weighted by molar-refractivity contribution is 0.103. The van der Waals surface area contributed by atoms with Crippen LogP contribution in [-0.4, -0.2) is 5.78 Å². The minimum atomic E-state index is -0.101. The molecular weight excluding hydrogens is 234 g/mol. The first-order chi connectivity index (χ1) is 9.27. The summed E-state index contributed by atoms with van der Waals surface area (Å²) in [6.45, 7) is 0. The Bertz CT molecular complexity index is 748. The summed E-state index contributed by atoms with van der Waals surface area (Å²) in [5, 5.41) is 1.79. The van der Waals surface area contributed by atoms with Crippen LogP contribution in [0.15, 0.2) is 66.7 Å². The molecule has 3 aromatic rings. The van der Waals surface area contributed by atoms with E-state index in [0.29, 0.717) is 16.8 Å². The Morgan fingerprint density at radius 2 is 1.47 bits per heavy atom. The second-order valence-electron chi connectivity index (χ2n) is 4.40. The molecule has 0 aromatic heterocycles. The van der Waals surface area contributed by atoms with E-state index in [0.717, 1.165) is 10.8 Å². The van der Waals surface area contributed by atoms with Gasteiger partial charge < -0.3 is 0 Å². The first kappa shape index (κ1) is 11.5. The summed E-state index contributed by atoms with van der Waals surface area (Å²) in [6.07, 6.45) is 0. The average Bonchev–Trinajstić information content (AvgIpc) is 2.48. The van der Waals surface area contributed by atoms with Crippen molar-refractivity contribution < 1.29 is 4.79 Å². The summed E-state index contributed by atoms with van der Waals surface area (Å²) in [5.74, 6) is -0.101. The number of nitrogens with one attached hydrogen (secondary N) is 1. The molecule has 0 amide bonds. The van der Waals surface area contributed by atoms with Crippen LogP contribution >= 0.6 is 0 Å². The standard InChI is InChI=1S/C17H12NO/c18-16-14-9-5-4-6-12(14)10-11-15(16)17(19)13-7-2-1-3-8-13/h1-11,18H. The molecule has 0 aliphatic heterocycles. The van der Waals surface area contributed by atoms with Gasteiger partial charge in [-0.1, -0.05) is 60.7 Å². The fourth-order valence-electron chi connectivity index (χ4n) is 2.21. The maximum Gasteiger partial charge on any atom is 0.195 e. The van der Waals surface area contributed by atoms with E-state index in [1.54, 1.807) is 18.2 Å². The highest BCUT2D eigenvalue weighted by atomic mass is 16.1. The molecule has 0 saturated carbocycles. The van der Waals surface area contributed by atoms with Crippen LogP contribution in [-0.2, 0) is 0 Å². The third kappa shape index (κ3) is 1.97. The van der Waals surface area contributed by atoms with Gasteiger partial charge in [0.15, 0.2) is 5.78 Å². The lowest BCUT2D eigenvalue weighted by Gasteiger charge is -2.07. The van der Waals surface area contributed by atoms with Crippen molar-refractivity contribution in [3.63, 3.8) is 0 Å². The van der Waals surface area contributed by atoms with Gasteiger partial charge in [-0.05, 0) is 11.5 Å². The van der Waals surface area contributed by atoms with Gasteiger partial charge in [-0.3, -0.25) is 10.5 Å². The molecule has 0 aliphatic carbocycles. The minimum Gasteiger partial charge on any atom is -0.299 e. The predicted octanol–water partition coefficient (Wildman–Crippen LogP) is 3.99. The third-order valence-electron chi connectivity index (χ3n) is 3.21. The summed E-state index contributed by atoms with van der Waals surface area (Å²) >= 11 is 0. The normalized spacial score (nSPS) is 10.5. The van der Waals surface area contributed by atoms with Crippen LogP contribution in [0.3, 0.4) is 0 Å². The van der Waals surface area contributed by atoms with Crippen LogP contribution in [0.25, 0.3) is 10.8 Å². The maximum absolute atomic E-state index is 12.4. The van der Waals surface area contributed by atoms with Gasteiger partial charge in [0.25, 0.3) is 0 Å². The van der Waals surface area contributed by atoms with Gasteiger partial charge in [-0.15, -0.1) is 0 Å². The van der Waals surface area contributed by atoms with E-state index in [-0.39, 0.29) is 5.78 Å². The number of hydrogen-bond acceptors (Lipinski definition) is 1. The fourth-order valence-corrected chi connectivity index (χ4v) is 2.21. The Balaban J connectivity index is 2.16. The van der Waals surface area contributed by atoms with Gasteiger partial charge in [-0.25, -0.2) is 0 Å². The summed E-state index contributed by atoms with van der Waals surface area (Å²) in [5.41, 5.74) is 9.56. The zero-order valence-corrected chi connectivity index (χ0v) is 10.3. The van der Waals surface area contributed by atoms with Crippen LogP contribution in [0.5, 0.6) is 0 Å². The van der Waals surface area contributed by atoms with Gasteiger partial charge in [-0.2, -0.15) is 0 Å². The second-order valence-corrected chi connectivity index (χ2v) is 4.40. The second kappa shape index (κ2) is 4.58. The first-order valence-electron chi connectivity index (χ1n) is 6.10. The molecule has 0 heterocycles. The van der Waals surface area contributed by atoms with Crippen molar-refractivity contribution in [2.45, 2.75) is 0 Å². The molecular formula is C17H12NO. The van der Waals surface area contributed by atoms with Crippen molar-refractivity contribution in [3.05, 3.63) is 77.9 Å². The Kier molecular flexibility index (Phi) is 2.76. The van der Waals surface area contributed by atoms with E-state index in [9.17, 15) is 4.79 Å². The zero-order valence-electron chi connectivity index (χ0n) is 10.3. The van der Waals surface area contributed by atoms with Gasteiger partial charge in [0, 0.05) is 16.5 Å². The lowest BCUT2D eigenvalue weighted by atomic mass is 9.98. The lowest BCUT2D eigenvalue weighted by Crippen LogP contribution is -2.02. The number of rotatable bonds is 2. The van der Waals surface area contributed by atoms with E-state index < -0.39 is 0 Å². The Hall–Kier alpha value is -2.61. The minimum absolute atomic E-state index is 0.101. The summed E-state index contributed by atoms with van der Waals surface area (Å²) in [6, 6.07) is 20.4. The zero-order chi connectivity index (χ0) is 13.2. The van der Waals surface area contributed by atoms with E-state index in [1.165, 1.54) is 0 Å². The Morgan fingerprint density at radius 1 is 0.789 bits per heavy atom. The summed E-state index contributed by atoms with van der Waals surface area (Å²) < 4.78 is 0. The van der Waals surface area contributed by atoms with Crippen LogP contribution in [0.2, 0.25) is 0 Å². The highest BCUT2D eigenvalue weighted by molar-refractivity contribution is 6.15. The molecule has 3 aromatic carbocycles. The van der Waals surface area contributed by atoms with Gasteiger partial charge in [0.05, 0.1) is 5.69 Å². The average molecular weight is 246 g/mol. The van der Waals surface area contributed by atoms with Crippen LogP contribution in [0, 0.1) is 0 Å². The van der Waals surface area contributed by atoms with E-state index >= 15 is 0 Å². The quantitative estimate of drug-likeness (QED) is 0.630. The maximum atomic E-state index is 12.4. The number of fused-ring (bicyclic) bond motifs is 1. The molecule has 2 heteroatoms. The molecule has 2 nitrogen and oxygen atoms in total. The largest absolute Gasteiger partial charge is 0.299 e. The molecule has 1 radical (unpaired) electrons. The van der Waals surface area contributed by atoms with E-state index in [1.807, 2.05) is 48.5 Å². The molecule has 0 unspecified atom stereocenters. The van der Waals surface area contributed by atoms with Crippen molar-refractivity contribution in [2.75, 3.05) is 0 Å². The number of carbonyl (C=O) groups is 1. The van der Waals surface area contributed by atoms with Gasteiger partial charge in [0.2, 0.25) is 0 Å². The molecule has 91 valence electrons. The summed E-state index contributed by atoms with van der Waals surface area (Å²) in [4.78, 5) is 12.4. The van der Waals surface area contributed by atoms with Crippen molar-refractivity contribution in [1.29, 1.82) is 0 Å². The SMILES string of the molecule is [NH]c1c(C(=O)c2ccccc2)ccc2ccccc12. The molecule has 0 fully saturated rings. The third-order valence-corrected chi connectivity index (χ3v) is 3.21. The first-order valence-corrected chi connectivity index (χ1v) is 6.10. The molecule has 0 bridgehead atoms. The van der Waals surface area contributed by atoms with E-state index in [2.05, 4.69) is 0 Å². The Morgan fingerprint density at radius 3 is 2.26 bits per heavy atom. The van der Waals surface area contributed by atoms with Crippen LogP contribution in [0.4, 0.5) is 5.69 Å². The number of carbonyl (C=O) groups excluding carboxylic acids is 1. The highest BCUT2D eigenvalue weighted by Gasteiger charge is 2.14. The predicted molar refractivity (Wildman–Crippen MR) is 76.6 cm³/mol. The van der Waals surface area contributed by atoms with Crippen LogP contribution < -0.4 is 5.73 Å². The monoisotopic (exact) mass is 246 g/mol. The van der Waals surface area contributed by atoms with Crippen molar-refractivity contribution in [1.82, 2.24) is 5.73 Å². The van der Waals surface area contributed by atoms with Crippen molar-refractivity contribution >= 4 is 22.2 Å². The Labute approximate surface area is 111 Å². The highest BCUT2D eigenvalue weighted by Crippen LogP contribution is 2.27. The van der Waals surface area contributed by atoms with Gasteiger partial charge >= 0.3 is 0 Å². The number of ketones is 1. The topological polar surface area (TPSA) is 40.9 Å². The smallest absolute Gasteiger partial charge is 0.195 e. The molecule has 19 heavy (non-hydrogen) atoms. The van der Waals surface area contributed by atoms with Gasteiger partial charge in [0.1, 0.15) is 0 Å². The van der Waals surface area contributed by atoms with E-state index in [4.69, 9.17) is 5.73 Å². The molecule has 3 rings (SSSR count). The molecule has 0 aliphatic rings. The number of hydrogen-bond donors (Lipinski definition) is 0. The molecule has 1 N–H and O–H groups in total. The van der Waals surface area contributed by atoms with Crippen molar-refractivity contribution in [2.24, 2.45) is 0 Å². The van der Waals surface area contributed by atoms with Crippen LogP contribution in [0.1, 0.15) is 15.9 Å². The fraction of sp³-hybridized carbons (Fsp3) is 0. The van der Waals surface area contributed by atoms with Crippen molar-refractivity contribution in [3.8, 4) is 0 Å². The molecule has 0 saturated heterocycles. The summed E-state index contributed by atoms with van der Waals surface area (Å²) in [7, 11) is 0. The molecule has 0 spiro atoms.